The van der Waals surface area contributed by atoms with Gasteiger partial charge in [0.25, 0.3) is 0 Å². The molecule has 0 fully saturated rings. The molecule has 0 aliphatic rings. The summed E-state index contributed by atoms with van der Waals surface area (Å²) in [5.74, 6) is 0.134. The van der Waals surface area contributed by atoms with Crippen LogP contribution in [0.5, 0.6) is 0 Å². The molecule has 3 heteroatoms. The zero-order chi connectivity index (χ0) is 15.8. The topological polar surface area (TPSA) is 29.1 Å². The summed E-state index contributed by atoms with van der Waals surface area (Å²) < 4.78 is 0. The molecule has 1 unspecified atom stereocenters. The van der Waals surface area contributed by atoms with E-state index >= 15 is 0 Å². The van der Waals surface area contributed by atoms with Crippen LogP contribution in [0.25, 0.3) is 0 Å². The Morgan fingerprint density at radius 2 is 1.77 bits per heavy atom. The molecule has 2 rings (SSSR count). The van der Waals surface area contributed by atoms with E-state index in [0.717, 1.165) is 24.9 Å². The van der Waals surface area contributed by atoms with Gasteiger partial charge in [-0.05, 0) is 42.8 Å². The molecule has 1 N–H and O–H groups in total. The summed E-state index contributed by atoms with van der Waals surface area (Å²) in [6.45, 7) is 3.09. The molecule has 0 bridgehead atoms. The zero-order valence-corrected chi connectivity index (χ0v) is 13.6. The number of hydrogen-bond donors (Lipinski definition) is 1. The third-order valence-corrected chi connectivity index (χ3v) is 3.93. The number of hydrogen-bond acceptors (Lipinski definition) is 2. The van der Waals surface area contributed by atoms with Crippen molar-refractivity contribution >= 4 is 17.4 Å². The molecule has 2 aromatic carbocycles. The van der Waals surface area contributed by atoms with Gasteiger partial charge in [0.1, 0.15) is 0 Å². The minimum atomic E-state index is 0.0518. The van der Waals surface area contributed by atoms with E-state index in [1.165, 1.54) is 0 Å². The fourth-order valence-corrected chi connectivity index (χ4v) is 2.51. The number of Topliss-reactive ketones (excluding diaryl/α,β-unsaturated/α-hetero) is 1. The SMILES string of the molecule is CCCCNC(CC(=O)c1ccc(Cl)cc1)c1ccccc1. The van der Waals surface area contributed by atoms with Gasteiger partial charge in [-0.1, -0.05) is 55.3 Å². The molecule has 0 aliphatic carbocycles. The van der Waals surface area contributed by atoms with E-state index in [0.29, 0.717) is 17.0 Å². The van der Waals surface area contributed by atoms with E-state index in [1.807, 2.05) is 18.2 Å². The van der Waals surface area contributed by atoms with E-state index in [4.69, 9.17) is 11.6 Å². The number of carbonyl (C=O) groups is 1. The fourth-order valence-electron chi connectivity index (χ4n) is 2.39. The zero-order valence-electron chi connectivity index (χ0n) is 12.9. The molecule has 0 heterocycles. The van der Waals surface area contributed by atoms with Gasteiger partial charge >= 0.3 is 0 Å². The summed E-state index contributed by atoms with van der Waals surface area (Å²) in [5.41, 5.74) is 1.86. The fraction of sp³-hybridized carbons (Fsp3) is 0.316. The summed E-state index contributed by atoms with van der Waals surface area (Å²) in [4.78, 5) is 12.5. The van der Waals surface area contributed by atoms with Crippen LogP contribution < -0.4 is 5.32 Å². The Morgan fingerprint density at radius 3 is 2.41 bits per heavy atom. The summed E-state index contributed by atoms with van der Waals surface area (Å²) in [7, 11) is 0. The number of nitrogens with one attached hydrogen (secondary N) is 1. The van der Waals surface area contributed by atoms with Crippen molar-refractivity contribution in [3.05, 3.63) is 70.7 Å². The molecule has 2 aromatic rings. The lowest BCUT2D eigenvalue weighted by Gasteiger charge is -2.18. The Hall–Kier alpha value is -1.64. The molecule has 2 nitrogen and oxygen atoms in total. The van der Waals surface area contributed by atoms with Crippen LogP contribution in [0.15, 0.2) is 54.6 Å². The van der Waals surface area contributed by atoms with Gasteiger partial charge in [0.05, 0.1) is 0 Å². The highest BCUT2D eigenvalue weighted by atomic mass is 35.5. The van der Waals surface area contributed by atoms with Crippen LogP contribution in [0.2, 0.25) is 5.02 Å². The highest BCUT2D eigenvalue weighted by Crippen LogP contribution is 2.20. The minimum absolute atomic E-state index is 0.0518. The average Bonchev–Trinajstić information content (AvgIpc) is 2.55. The average molecular weight is 316 g/mol. The maximum absolute atomic E-state index is 12.5. The Balaban J connectivity index is 2.08. The van der Waals surface area contributed by atoms with Crippen molar-refractivity contribution in [2.45, 2.75) is 32.2 Å². The van der Waals surface area contributed by atoms with Crippen molar-refractivity contribution in [3.63, 3.8) is 0 Å². The molecule has 0 saturated carbocycles. The third-order valence-electron chi connectivity index (χ3n) is 3.68. The number of unbranched alkanes of at least 4 members (excludes halogenated alkanes) is 1. The minimum Gasteiger partial charge on any atom is -0.310 e. The number of rotatable bonds is 8. The van der Waals surface area contributed by atoms with Crippen LogP contribution >= 0.6 is 11.6 Å². The molecular formula is C19H22ClNO. The second kappa shape index (κ2) is 8.72. The smallest absolute Gasteiger partial charge is 0.164 e. The molecule has 22 heavy (non-hydrogen) atoms. The Labute approximate surface area is 137 Å². The van der Waals surface area contributed by atoms with Crippen LogP contribution in [0, 0.1) is 0 Å². The van der Waals surface area contributed by atoms with Crippen molar-refractivity contribution < 1.29 is 4.79 Å². The van der Waals surface area contributed by atoms with Crippen LogP contribution in [-0.2, 0) is 0 Å². The van der Waals surface area contributed by atoms with Crippen LogP contribution in [0.3, 0.4) is 0 Å². The molecule has 0 aromatic heterocycles. The van der Waals surface area contributed by atoms with Crippen molar-refractivity contribution in [2.75, 3.05) is 6.54 Å². The lowest BCUT2D eigenvalue weighted by Crippen LogP contribution is -2.25. The predicted octanol–water partition coefficient (Wildman–Crippen LogP) is 5.04. The first kappa shape index (κ1) is 16.7. The summed E-state index contributed by atoms with van der Waals surface area (Å²) >= 11 is 5.88. The molecule has 0 aliphatic heterocycles. The van der Waals surface area contributed by atoms with E-state index < -0.39 is 0 Å². The van der Waals surface area contributed by atoms with Gasteiger partial charge in [0.2, 0.25) is 0 Å². The van der Waals surface area contributed by atoms with Crippen molar-refractivity contribution in [2.24, 2.45) is 0 Å². The second-order valence-corrected chi connectivity index (χ2v) is 5.84. The lowest BCUT2D eigenvalue weighted by molar-refractivity contribution is 0.0968. The number of halogens is 1. The van der Waals surface area contributed by atoms with Crippen molar-refractivity contribution in [1.29, 1.82) is 0 Å². The summed E-state index contributed by atoms with van der Waals surface area (Å²) in [5, 5.41) is 4.15. The van der Waals surface area contributed by atoms with Crippen LogP contribution in [-0.4, -0.2) is 12.3 Å². The monoisotopic (exact) mass is 315 g/mol. The Morgan fingerprint density at radius 1 is 1.09 bits per heavy atom. The highest BCUT2D eigenvalue weighted by molar-refractivity contribution is 6.30. The lowest BCUT2D eigenvalue weighted by atomic mass is 9.98. The maximum Gasteiger partial charge on any atom is 0.164 e. The third kappa shape index (κ3) is 4.97. The van der Waals surface area contributed by atoms with Gasteiger partial charge in [0, 0.05) is 23.0 Å². The Bertz CT molecular complexity index is 580. The largest absolute Gasteiger partial charge is 0.310 e. The predicted molar refractivity (Wildman–Crippen MR) is 92.5 cm³/mol. The van der Waals surface area contributed by atoms with Gasteiger partial charge < -0.3 is 5.32 Å². The van der Waals surface area contributed by atoms with Gasteiger partial charge in [0.15, 0.2) is 5.78 Å². The van der Waals surface area contributed by atoms with Gasteiger partial charge in [-0.15, -0.1) is 0 Å². The van der Waals surface area contributed by atoms with Gasteiger partial charge in [-0.2, -0.15) is 0 Å². The normalized spacial score (nSPS) is 12.1. The summed E-state index contributed by atoms with van der Waals surface area (Å²) in [6.07, 6.45) is 2.70. The second-order valence-electron chi connectivity index (χ2n) is 5.41. The molecule has 0 saturated heterocycles. The number of benzene rings is 2. The van der Waals surface area contributed by atoms with Gasteiger partial charge in [-0.3, -0.25) is 4.79 Å². The van der Waals surface area contributed by atoms with Crippen LogP contribution in [0.4, 0.5) is 0 Å². The maximum atomic E-state index is 12.5. The first-order valence-electron chi connectivity index (χ1n) is 7.77. The van der Waals surface area contributed by atoms with E-state index in [2.05, 4.69) is 24.4 Å². The molecule has 1 atom stereocenters. The van der Waals surface area contributed by atoms with Crippen molar-refractivity contribution in [1.82, 2.24) is 5.32 Å². The molecular weight excluding hydrogens is 294 g/mol. The summed E-state index contributed by atoms with van der Waals surface area (Å²) in [6, 6.07) is 17.3. The molecule has 116 valence electrons. The van der Waals surface area contributed by atoms with E-state index in [9.17, 15) is 4.79 Å². The van der Waals surface area contributed by atoms with E-state index in [1.54, 1.807) is 24.3 Å². The Kier molecular flexibility index (Phi) is 6.63. The molecule has 0 spiro atoms. The standard InChI is InChI=1S/C19H22ClNO/c1-2-3-13-21-18(15-7-5-4-6-8-15)14-19(22)16-9-11-17(20)12-10-16/h4-12,18,21H,2-3,13-14H2,1H3. The van der Waals surface area contributed by atoms with Gasteiger partial charge in [-0.25, -0.2) is 0 Å². The van der Waals surface area contributed by atoms with Crippen LogP contribution in [0.1, 0.15) is 48.1 Å². The first-order valence-corrected chi connectivity index (χ1v) is 8.15. The quantitative estimate of drug-likeness (QED) is 0.546. The molecule has 0 amide bonds. The number of ketones is 1. The van der Waals surface area contributed by atoms with Crippen molar-refractivity contribution in [3.8, 4) is 0 Å². The first-order chi connectivity index (χ1) is 10.7. The highest BCUT2D eigenvalue weighted by Gasteiger charge is 2.16. The number of carbonyl (C=O) groups excluding carboxylic acids is 1. The van der Waals surface area contributed by atoms with E-state index in [-0.39, 0.29) is 11.8 Å². The molecule has 0 radical (unpaired) electrons.